The van der Waals surface area contributed by atoms with E-state index in [2.05, 4.69) is 106 Å². The molecular formula is C31H68O2Si2Sn. The van der Waals surface area contributed by atoms with Crippen LogP contribution in [-0.2, 0) is 8.85 Å². The molecule has 0 N–H and O–H groups in total. The number of hydrogen-bond acceptors (Lipinski definition) is 2. The summed E-state index contributed by atoms with van der Waals surface area (Å²) in [4.78, 5) is 0. The van der Waals surface area contributed by atoms with Gasteiger partial charge in [-0.1, -0.05) is 0 Å². The Labute approximate surface area is 235 Å². The number of hydrogen-bond donors (Lipinski definition) is 0. The zero-order chi connectivity index (χ0) is 28.3. The molecule has 5 heteroatoms. The topological polar surface area (TPSA) is 18.5 Å². The molecule has 0 bridgehead atoms. The van der Waals surface area contributed by atoms with Gasteiger partial charge in [0, 0.05) is 0 Å². The molecule has 0 aromatic heterocycles. The van der Waals surface area contributed by atoms with Gasteiger partial charge >= 0.3 is 236 Å². The van der Waals surface area contributed by atoms with E-state index in [-0.39, 0.29) is 16.2 Å². The first kappa shape index (κ1) is 36.9. The fourth-order valence-electron chi connectivity index (χ4n) is 4.32. The van der Waals surface area contributed by atoms with Crippen LogP contribution >= 0.6 is 0 Å². The molecule has 0 radical (unpaired) electrons. The molecule has 0 fully saturated rings. The summed E-state index contributed by atoms with van der Waals surface area (Å²) in [5.41, 5.74) is 0. The molecule has 0 saturated heterocycles. The fourth-order valence-corrected chi connectivity index (χ4v) is 21.5. The quantitative estimate of drug-likeness (QED) is 0.138. The van der Waals surface area contributed by atoms with Crippen molar-refractivity contribution in [2.45, 2.75) is 170 Å². The van der Waals surface area contributed by atoms with Crippen LogP contribution in [0.25, 0.3) is 0 Å². The molecule has 0 amide bonds. The van der Waals surface area contributed by atoms with E-state index >= 15 is 0 Å². The van der Waals surface area contributed by atoms with E-state index in [1.807, 2.05) is 0 Å². The van der Waals surface area contributed by atoms with Crippen molar-refractivity contribution in [1.82, 2.24) is 0 Å². The molecule has 0 aromatic carbocycles. The van der Waals surface area contributed by atoms with Crippen molar-refractivity contribution >= 4 is 35.0 Å². The molecule has 0 aromatic rings. The van der Waals surface area contributed by atoms with Gasteiger partial charge in [-0.25, -0.2) is 0 Å². The normalized spacial score (nSPS) is 16.1. The van der Waals surface area contributed by atoms with E-state index in [4.69, 9.17) is 8.85 Å². The summed E-state index contributed by atoms with van der Waals surface area (Å²) in [6.07, 6.45) is 12.2. The third-order valence-corrected chi connectivity index (χ3v) is 32.5. The van der Waals surface area contributed by atoms with E-state index in [9.17, 15) is 0 Å². The van der Waals surface area contributed by atoms with Gasteiger partial charge in [0.1, 0.15) is 0 Å². The SMILES string of the molecule is CCC[CH2][Sn](/[CH]=C/[C@@H](C)[C@H](CCO[Si](C)(C)C(C)(C)C)O[Si](C)(C)C(C)(C)C)([CH2]CCC)[CH2]CCC. The van der Waals surface area contributed by atoms with Crippen molar-refractivity contribution in [3.63, 3.8) is 0 Å². The zero-order valence-electron chi connectivity index (χ0n) is 27.4. The summed E-state index contributed by atoms with van der Waals surface area (Å²) >= 11 is -2.30. The van der Waals surface area contributed by atoms with Crippen molar-refractivity contribution in [2.75, 3.05) is 6.61 Å². The Morgan fingerprint density at radius 1 is 0.722 bits per heavy atom. The molecule has 0 aliphatic rings. The van der Waals surface area contributed by atoms with Gasteiger partial charge in [-0.2, -0.15) is 0 Å². The van der Waals surface area contributed by atoms with Crippen LogP contribution in [0.15, 0.2) is 10.2 Å². The van der Waals surface area contributed by atoms with Gasteiger partial charge in [-0.3, -0.25) is 0 Å². The van der Waals surface area contributed by atoms with E-state index in [1.165, 1.54) is 51.8 Å². The molecule has 216 valence electrons. The van der Waals surface area contributed by atoms with Gasteiger partial charge in [-0.15, -0.1) is 0 Å². The predicted molar refractivity (Wildman–Crippen MR) is 173 cm³/mol. The third kappa shape index (κ3) is 12.8. The number of unbranched alkanes of at least 4 members (excludes halogenated alkanes) is 3. The van der Waals surface area contributed by atoms with Crippen LogP contribution in [0.5, 0.6) is 0 Å². The van der Waals surface area contributed by atoms with Crippen LogP contribution < -0.4 is 0 Å². The summed E-state index contributed by atoms with van der Waals surface area (Å²) in [7, 11) is -3.61. The number of rotatable bonds is 18. The molecular weight excluding hydrogens is 579 g/mol. The van der Waals surface area contributed by atoms with Crippen molar-refractivity contribution in [3.05, 3.63) is 10.2 Å². The minimum atomic E-state index is -2.30. The second kappa shape index (κ2) is 16.2. The van der Waals surface area contributed by atoms with E-state index in [1.54, 1.807) is 0 Å². The Kier molecular flexibility index (Phi) is 16.6. The molecule has 2 atom stereocenters. The van der Waals surface area contributed by atoms with Gasteiger partial charge in [0.2, 0.25) is 0 Å². The Bertz CT molecular complexity index is 595. The average molecular weight is 648 g/mol. The van der Waals surface area contributed by atoms with E-state index in [0.717, 1.165) is 13.0 Å². The van der Waals surface area contributed by atoms with Crippen LogP contribution in [0.3, 0.4) is 0 Å². The maximum atomic E-state index is 7.12. The summed E-state index contributed by atoms with van der Waals surface area (Å²) in [6.45, 7) is 34.0. The molecule has 0 aliphatic carbocycles. The first-order valence-electron chi connectivity index (χ1n) is 15.4. The molecule has 0 unspecified atom stereocenters. The fraction of sp³-hybridized carbons (Fsp3) is 0.935. The zero-order valence-corrected chi connectivity index (χ0v) is 32.3. The van der Waals surface area contributed by atoms with Crippen molar-refractivity contribution in [1.29, 1.82) is 0 Å². The van der Waals surface area contributed by atoms with E-state index < -0.39 is 35.0 Å². The Morgan fingerprint density at radius 2 is 1.14 bits per heavy atom. The van der Waals surface area contributed by atoms with Crippen LogP contribution in [0.4, 0.5) is 0 Å². The van der Waals surface area contributed by atoms with Gasteiger partial charge in [0.25, 0.3) is 0 Å². The van der Waals surface area contributed by atoms with Gasteiger partial charge in [-0.05, 0) is 0 Å². The van der Waals surface area contributed by atoms with Crippen molar-refractivity contribution < 1.29 is 8.85 Å². The van der Waals surface area contributed by atoms with Crippen LogP contribution in [0, 0.1) is 5.92 Å². The van der Waals surface area contributed by atoms with Crippen molar-refractivity contribution in [2.24, 2.45) is 5.92 Å². The first-order valence-corrected chi connectivity index (χ1v) is 28.9. The van der Waals surface area contributed by atoms with Crippen LogP contribution in [-0.4, -0.2) is 47.7 Å². The average Bonchev–Trinajstić information content (AvgIpc) is 2.75. The van der Waals surface area contributed by atoms with Gasteiger partial charge < -0.3 is 0 Å². The molecule has 0 aliphatic heterocycles. The second-order valence-electron chi connectivity index (χ2n) is 14.7. The van der Waals surface area contributed by atoms with Gasteiger partial charge in [0.15, 0.2) is 0 Å². The maximum absolute atomic E-state index is 7.12. The van der Waals surface area contributed by atoms with E-state index in [0.29, 0.717) is 5.92 Å². The first-order chi connectivity index (χ1) is 16.4. The summed E-state index contributed by atoms with van der Waals surface area (Å²) in [6, 6.07) is 0. The second-order valence-corrected chi connectivity index (χ2v) is 37.3. The minimum absolute atomic E-state index is 0.224. The van der Waals surface area contributed by atoms with Crippen LogP contribution in [0.1, 0.15) is 114 Å². The standard InChI is InChI=1S/C19H41O2Si2.3C4H9.Sn/c1-13-16(2)17(21-23(11,12)19(6,7)8)14-15-20-22(9,10)18(3,4)5;3*1-3-4-2;/h1,13,16-17H,14-15H2,2-12H3;3*1,3-4H2,2H3;/t16-,17+;;;;/m1..../s1. The van der Waals surface area contributed by atoms with Gasteiger partial charge in [0.05, 0.1) is 0 Å². The third-order valence-electron chi connectivity index (χ3n) is 9.35. The Hall–Kier alpha value is 0.892. The summed E-state index contributed by atoms with van der Waals surface area (Å²) in [5, 5.41) is 0.474. The molecule has 0 spiro atoms. The molecule has 0 heterocycles. The molecule has 0 rings (SSSR count). The predicted octanol–water partition coefficient (Wildman–Crippen LogP) is 11.4. The van der Waals surface area contributed by atoms with Crippen LogP contribution in [0.2, 0.25) is 49.6 Å². The summed E-state index contributed by atoms with van der Waals surface area (Å²) < 4.78 is 21.2. The Morgan fingerprint density at radius 3 is 1.50 bits per heavy atom. The summed E-state index contributed by atoms with van der Waals surface area (Å²) in [5.74, 6) is 0.447. The monoisotopic (exact) mass is 648 g/mol. The molecule has 36 heavy (non-hydrogen) atoms. The molecule has 2 nitrogen and oxygen atoms in total. The Balaban J connectivity index is 5.91. The molecule has 0 saturated carbocycles. The van der Waals surface area contributed by atoms with Crippen molar-refractivity contribution in [3.8, 4) is 0 Å².